The normalized spacial score (nSPS) is 13.5. The second-order valence-corrected chi connectivity index (χ2v) is 9.06. The number of benzene rings is 1. The standard InChI is InChI=1S/C20H11N3O2Te/c24-18-14-3-1-2-4-15(14)19(25)16(18)11-13-5-6-17(26-13)23-10-8-12-7-9-21-22-20(12)23/h1-11H. The maximum atomic E-state index is 12.5. The zero-order valence-electron chi connectivity index (χ0n) is 13.4. The Kier molecular flexibility index (Phi) is 3.49. The van der Waals surface area contributed by atoms with Crippen molar-refractivity contribution < 1.29 is 9.59 Å². The van der Waals surface area contributed by atoms with Crippen molar-refractivity contribution in [3.63, 3.8) is 0 Å². The molecule has 26 heavy (non-hydrogen) atoms. The van der Waals surface area contributed by atoms with Crippen molar-refractivity contribution >= 4 is 49.1 Å². The number of carbonyl (C=O) groups is 2. The molecule has 0 aliphatic heterocycles. The Balaban J connectivity index is 1.55. The van der Waals surface area contributed by atoms with Gasteiger partial charge in [-0.3, -0.25) is 0 Å². The summed E-state index contributed by atoms with van der Waals surface area (Å²) in [5, 5.41) is 9.21. The molecule has 3 aromatic heterocycles. The fourth-order valence-corrected chi connectivity index (χ4v) is 5.82. The molecule has 124 valence electrons. The first kappa shape index (κ1) is 15.4. The molecule has 0 saturated heterocycles. The number of carbonyl (C=O) groups excluding carboxylic acids is 2. The molecule has 0 spiro atoms. The summed E-state index contributed by atoms with van der Waals surface area (Å²) in [6.07, 6.45) is 5.44. The molecular formula is C20H11N3O2Te. The number of hydrogen-bond donors (Lipinski definition) is 0. The molecule has 4 aromatic rings. The molecule has 1 aliphatic carbocycles. The van der Waals surface area contributed by atoms with Crippen LogP contribution in [0.1, 0.15) is 24.3 Å². The minimum absolute atomic E-state index is 0.176. The molecule has 6 heteroatoms. The Hall–Kier alpha value is -2.81. The number of allylic oxidation sites excluding steroid dienone is 1. The number of rotatable bonds is 2. The quantitative estimate of drug-likeness (QED) is 0.266. The van der Waals surface area contributed by atoms with Crippen LogP contribution in [-0.2, 0) is 0 Å². The van der Waals surface area contributed by atoms with Crippen molar-refractivity contribution in [3.8, 4) is 3.70 Å². The van der Waals surface area contributed by atoms with E-state index < -0.39 is 20.4 Å². The molecule has 0 atom stereocenters. The van der Waals surface area contributed by atoms with Crippen LogP contribution in [0.3, 0.4) is 0 Å². The van der Waals surface area contributed by atoms with Gasteiger partial charge in [-0.1, -0.05) is 0 Å². The van der Waals surface area contributed by atoms with Gasteiger partial charge in [0.05, 0.1) is 0 Å². The van der Waals surface area contributed by atoms with Gasteiger partial charge in [0.15, 0.2) is 0 Å². The Morgan fingerprint density at radius 3 is 2.46 bits per heavy atom. The van der Waals surface area contributed by atoms with Crippen LogP contribution in [0.25, 0.3) is 20.8 Å². The van der Waals surface area contributed by atoms with E-state index in [0.29, 0.717) is 11.1 Å². The van der Waals surface area contributed by atoms with Gasteiger partial charge in [-0.25, -0.2) is 0 Å². The maximum absolute atomic E-state index is 12.5. The monoisotopic (exact) mass is 455 g/mol. The van der Waals surface area contributed by atoms with E-state index in [1.54, 1.807) is 36.5 Å². The van der Waals surface area contributed by atoms with Crippen LogP contribution < -0.4 is 0 Å². The molecule has 0 bridgehead atoms. The van der Waals surface area contributed by atoms with Crippen molar-refractivity contribution in [2.45, 2.75) is 0 Å². The van der Waals surface area contributed by atoms with E-state index in [1.165, 1.54) is 0 Å². The fourth-order valence-electron chi connectivity index (χ4n) is 3.15. The van der Waals surface area contributed by atoms with Gasteiger partial charge in [-0.05, 0) is 0 Å². The van der Waals surface area contributed by atoms with E-state index in [0.717, 1.165) is 18.3 Å². The van der Waals surface area contributed by atoms with Gasteiger partial charge >= 0.3 is 158 Å². The third-order valence-electron chi connectivity index (χ3n) is 4.40. The summed E-state index contributed by atoms with van der Waals surface area (Å²) >= 11 is -0.722. The van der Waals surface area contributed by atoms with Crippen LogP contribution in [0, 0.1) is 0 Å². The number of fused-ring (bicyclic) bond motifs is 2. The van der Waals surface area contributed by atoms with Gasteiger partial charge in [0.2, 0.25) is 0 Å². The van der Waals surface area contributed by atoms with Crippen LogP contribution in [-0.4, -0.2) is 46.8 Å². The number of ketones is 2. The van der Waals surface area contributed by atoms with E-state index in [1.807, 2.05) is 35.0 Å². The zero-order chi connectivity index (χ0) is 17.7. The number of aromatic nitrogens is 3. The summed E-state index contributed by atoms with van der Waals surface area (Å²) in [6, 6.07) is 15.0. The molecule has 3 heterocycles. The van der Waals surface area contributed by atoms with Gasteiger partial charge in [-0.15, -0.1) is 0 Å². The molecule has 0 unspecified atom stereocenters. The first-order chi connectivity index (χ1) is 12.7. The SMILES string of the molecule is O=C1C(=Cc2ccc(-n3ccc4ccnnc43)[te]2)C(=O)c2ccccc21. The van der Waals surface area contributed by atoms with Crippen LogP contribution in [0.4, 0.5) is 0 Å². The predicted octanol–water partition coefficient (Wildman–Crippen LogP) is 2.94. The van der Waals surface area contributed by atoms with Crippen LogP contribution in [0.15, 0.2) is 66.5 Å². The molecule has 0 N–H and O–H groups in total. The Labute approximate surface area is 158 Å². The molecule has 1 aromatic carbocycles. The first-order valence-electron chi connectivity index (χ1n) is 8.01. The second kappa shape index (κ2) is 5.87. The predicted molar refractivity (Wildman–Crippen MR) is 98.9 cm³/mol. The van der Waals surface area contributed by atoms with Crippen LogP contribution >= 0.6 is 0 Å². The van der Waals surface area contributed by atoms with E-state index >= 15 is 0 Å². The molecule has 5 nitrogen and oxygen atoms in total. The van der Waals surface area contributed by atoms with Crippen molar-refractivity contribution in [1.29, 1.82) is 0 Å². The van der Waals surface area contributed by atoms with Gasteiger partial charge in [0, 0.05) is 0 Å². The van der Waals surface area contributed by atoms with Gasteiger partial charge in [0.25, 0.3) is 0 Å². The van der Waals surface area contributed by atoms with E-state index in [-0.39, 0.29) is 17.1 Å². The van der Waals surface area contributed by atoms with Crippen molar-refractivity contribution in [2.75, 3.05) is 0 Å². The summed E-state index contributed by atoms with van der Waals surface area (Å²) in [7, 11) is 0. The molecule has 0 amide bonds. The zero-order valence-corrected chi connectivity index (χ0v) is 15.7. The topological polar surface area (TPSA) is 64.8 Å². The van der Waals surface area contributed by atoms with Crippen LogP contribution in [0.5, 0.6) is 0 Å². The van der Waals surface area contributed by atoms with E-state index in [4.69, 9.17) is 0 Å². The molecule has 1 aliphatic rings. The molecule has 0 radical (unpaired) electrons. The number of Topliss-reactive ketones (excluding diaryl/α,β-unsaturated/α-hetero) is 2. The van der Waals surface area contributed by atoms with Gasteiger partial charge in [0.1, 0.15) is 0 Å². The van der Waals surface area contributed by atoms with Gasteiger partial charge < -0.3 is 0 Å². The summed E-state index contributed by atoms with van der Waals surface area (Å²) < 4.78 is 4.26. The van der Waals surface area contributed by atoms with Gasteiger partial charge in [-0.2, -0.15) is 0 Å². The average molecular weight is 453 g/mol. The fraction of sp³-hybridized carbons (Fsp3) is 0. The Morgan fingerprint density at radius 1 is 0.923 bits per heavy atom. The van der Waals surface area contributed by atoms with E-state index in [2.05, 4.69) is 10.2 Å². The minimum atomic E-state index is -0.722. The molecule has 5 rings (SSSR count). The first-order valence-corrected chi connectivity index (χ1v) is 10.3. The second-order valence-electron chi connectivity index (χ2n) is 5.93. The summed E-state index contributed by atoms with van der Waals surface area (Å²) in [6.45, 7) is 0. The molecular weight excluding hydrogens is 442 g/mol. The van der Waals surface area contributed by atoms with Crippen molar-refractivity contribution in [2.24, 2.45) is 0 Å². The number of hydrogen-bond acceptors (Lipinski definition) is 4. The number of nitrogens with zero attached hydrogens (tertiary/aromatic N) is 3. The molecule has 0 fully saturated rings. The molecule has 0 saturated carbocycles. The van der Waals surface area contributed by atoms with Crippen molar-refractivity contribution in [1.82, 2.24) is 14.8 Å². The third kappa shape index (κ3) is 2.31. The Bertz CT molecular complexity index is 1200. The van der Waals surface area contributed by atoms with E-state index in [9.17, 15) is 9.59 Å². The third-order valence-corrected chi connectivity index (χ3v) is 7.35. The summed E-state index contributed by atoms with van der Waals surface area (Å²) in [4.78, 5) is 25.1. The van der Waals surface area contributed by atoms with Crippen molar-refractivity contribution in [3.05, 3.63) is 81.2 Å². The summed E-state index contributed by atoms with van der Waals surface area (Å²) in [5.41, 5.74) is 2.10. The summed E-state index contributed by atoms with van der Waals surface area (Å²) in [5.74, 6) is -0.352. The Morgan fingerprint density at radius 2 is 1.69 bits per heavy atom. The van der Waals surface area contributed by atoms with Crippen LogP contribution in [0.2, 0.25) is 0 Å². The average Bonchev–Trinajstić information content (AvgIpc) is 3.36.